The number of benzene rings is 1. The second-order valence-electron chi connectivity index (χ2n) is 5.83. The number of carbonyl (C=O) groups is 2. The Balaban J connectivity index is 1.82. The molecule has 1 aromatic carbocycles. The maximum absolute atomic E-state index is 12.1. The van der Waals surface area contributed by atoms with Gasteiger partial charge in [0.15, 0.2) is 6.61 Å². The van der Waals surface area contributed by atoms with Gasteiger partial charge in [-0.25, -0.2) is 0 Å². The lowest BCUT2D eigenvalue weighted by atomic mass is 9.97. The molecule has 1 N–H and O–H groups in total. The maximum Gasteiger partial charge on any atom is 0.313 e. The first-order valence-electron chi connectivity index (χ1n) is 7.86. The molecule has 0 aliphatic carbocycles. The van der Waals surface area contributed by atoms with Crippen molar-refractivity contribution < 1.29 is 19.1 Å². The van der Waals surface area contributed by atoms with Gasteiger partial charge in [-0.1, -0.05) is 24.9 Å². The first-order valence-corrected chi connectivity index (χ1v) is 8.24. The molecule has 0 bridgehead atoms. The zero-order valence-corrected chi connectivity index (χ0v) is 14.2. The second-order valence-corrected chi connectivity index (χ2v) is 6.27. The molecular weight excluding hydrogens is 318 g/mol. The summed E-state index contributed by atoms with van der Waals surface area (Å²) in [5.41, 5.74) is 0.881. The number of amides is 1. The van der Waals surface area contributed by atoms with E-state index in [0.29, 0.717) is 11.4 Å². The summed E-state index contributed by atoms with van der Waals surface area (Å²) in [6.45, 7) is 3.97. The van der Waals surface area contributed by atoms with Gasteiger partial charge in [-0.15, -0.1) is 0 Å². The Morgan fingerprint density at radius 2 is 2.26 bits per heavy atom. The van der Waals surface area contributed by atoms with Crippen LogP contribution in [0.2, 0.25) is 5.02 Å². The Kier molecular flexibility index (Phi) is 6.28. The van der Waals surface area contributed by atoms with Gasteiger partial charge in [0.05, 0.1) is 5.92 Å². The molecule has 0 saturated carbocycles. The average Bonchev–Trinajstić information content (AvgIpc) is 2.52. The summed E-state index contributed by atoms with van der Waals surface area (Å²) in [6, 6.07) is 5.41. The SMILES string of the molecule is CCC[C@H](C)NC(=O)COC(=O)[C@@H]1COc2ccc(Cl)cc2C1. The molecule has 6 heteroatoms. The van der Waals surface area contributed by atoms with Crippen molar-refractivity contribution in [3.05, 3.63) is 28.8 Å². The summed E-state index contributed by atoms with van der Waals surface area (Å²) in [7, 11) is 0. The first kappa shape index (κ1) is 17.6. The Hall–Kier alpha value is -1.75. The zero-order valence-electron chi connectivity index (χ0n) is 13.4. The van der Waals surface area contributed by atoms with E-state index in [9.17, 15) is 9.59 Å². The molecule has 0 fully saturated rings. The smallest absolute Gasteiger partial charge is 0.313 e. The minimum atomic E-state index is -0.422. The van der Waals surface area contributed by atoms with E-state index >= 15 is 0 Å². The van der Waals surface area contributed by atoms with Crippen LogP contribution in [0.4, 0.5) is 0 Å². The van der Waals surface area contributed by atoms with Crippen molar-refractivity contribution >= 4 is 23.5 Å². The van der Waals surface area contributed by atoms with Gasteiger partial charge in [-0.2, -0.15) is 0 Å². The highest BCUT2D eigenvalue weighted by molar-refractivity contribution is 6.30. The number of fused-ring (bicyclic) bond motifs is 1. The summed E-state index contributed by atoms with van der Waals surface area (Å²) < 4.78 is 10.7. The fraction of sp³-hybridized carbons (Fsp3) is 0.529. The molecule has 1 aliphatic heterocycles. The average molecular weight is 340 g/mol. The Bertz CT molecular complexity index is 576. The van der Waals surface area contributed by atoms with E-state index < -0.39 is 11.9 Å². The van der Waals surface area contributed by atoms with Crippen LogP contribution in [0, 0.1) is 5.92 Å². The fourth-order valence-corrected chi connectivity index (χ4v) is 2.79. The molecular formula is C17H22ClNO4. The van der Waals surface area contributed by atoms with Gasteiger partial charge in [0, 0.05) is 11.1 Å². The number of esters is 1. The van der Waals surface area contributed by atoms with Gasteiger partial charge in [0.25, 0.3) is 5.91 Å². The van der Waals surface area contributed by atoms with Crippen molar-refractivity contribution in [2.45, 2.75) is 39.2 Å². The summed E-state index contributed by atoms with van der Waals surface area (Å²) in [5.74, 6) is -0.375. The van der Waals surface area contributed by atoms with Crippen molar-refractivity contribution in [3.8, 4) is 5.75 Å². The van der Waals surface area contributed by atoms with Crippen molar-refractivity contribution in [3.63, 3.8) is 0 Å². The van der Waals surface area contributed by atoms with E-state index in [1.165, 1.54) is 0 Å². The van der Waals surface area contributed by atoms with Crippen LogP contribution in [-0.2, 0) is 20.7 Å². The van der Waals surface area contributed by atoms with Gasteiger partial charge in [-0.3, -0.25) is 9.59 Å². The number of carbonyl (C=O) groups excluding carboxylic acids is 2. The van der Waals surface area contributed by atoms with Crippen molar-refractivity contribution in [1.82, 2.24) is 5.32 Å². The normalized spacial score (nSPS) is 17.6. The quantitative estimate of drug-likeness (QED) is 0.809. The molecule has 126 valence electrons. The molecule has 1 aromatic rings. The largest absolute Gasteiger partial charge is 0.492 e. The highest BCUT2D eigenvalue weighted by Crippen LogP contribution is 2.30. The number of ether oxygens (including phenoxy) is 2. The topological polar surface area (TPSA) is 64.6 Å². The lowest BCUT2D eigenvalue weighted by Crippen LogP contribution is -2.37. The Morgan fingerprint density at radius 3 is 3.00 bits per heavy atom. The molecule has 0 aromatic heterocycles. The van der Waals surface area contributed by atoms with Crippen molar-refractivity contribution in [2.75, 3.05) is 13.2 Å². The van der Waals surface area contributed by atoms with Crippen LogP contribution in [-0.4, -0.2) is 31.1 Å². The van der Waals surface area contributed by atoms with Crippen LogP contribution >= 0.6 is 11.6 Å². The molecule has 5 nitrogen and oxygen atoms in total. The van der Waals surface area contributed by atoms with Gasteiger partial charge < -0.3 is 14.8 Å². The fourth-order valence-electron chi connectivity index (χ4n) is 2.59. The van der Waals surface area contributed by atoms with E-state index in [-0.39, 0.29) is 25.2 Å². The van der Waals surface area contributed by atoms with Gasteiger partial charge in [-0.05, 0) is 43.5 Å². The molecule has 2 rings (SSSR count). The Labute approximate surface area is 141 Å². The summed E-state index contributed by atoms with van der Waals surface area (Å²) in [5, 5.41) is 3.40. The van der Waals surface area contributed by atoms with E-state index in [4.69, 9.17) is 21.1 Å². The lowest BCUT2D eigenvalue weighted by Gasteiger charge is -2.24. The molecule has 0 saturated heterocycles. The van der Waals surface area contributed by atoms with E-state index in [0.717, 1.165) is 24.2 Å². The third kappa shape index (κ3) is 5.13. The number of hydrogen-bond acceptors (Lipinski definition) is 4. The minimum absolute atomic E-state index is 0.0817. The molecule has 0 radical (unpaired) electrons. The molecule has 1 amide bonds. The highest BCUT2D eigenvalue weighted by atomic mass is 35.5. The van der Waals surface area contributed by atoms with Gasteiger partial charge in [0.2, 0.25) is 0 Å². The minimum Gasteiger partial charge on any atom is -0.492 e. The van der Waals surface area contributed by atoms with E-state index in [1.807, 2.05) is 6.92 Å². The lowest BCUT2D eigenvalue weighted by molar-refractivity contribution is -0.154. The number of hydrogen-bond donors (Lipinski definition) is 1. The Morgan fingerprint density at radius 1 is 1.48 bits per heavy atom. The molecule has 1 heterocycles. The van der Waals surface area contributed by atoms with Gasteiger partial charge >= 0.3 is 5.97 Å². The van der Waals surface area contributed by atoms with Crippen LogP contribution in [0.15, 0.2) is 18.2 Å². The third-order valence-electron chi connectivity index (χ3n) is 3.74. The van der Waals surface area contributed by atoms with Crippen LogP contribution < -0.4 is 10.1 Å². The van der Waals surface area contributed by atoms with E-state index in [1.54, 1.807) is 18.2 Å². The van der Waals surface area contributed by atoms with E-state index in [2.05, 4.69) is 12.2 Å². The standard InChI is InChI=1S/C17H22ClNO4/c1-3-4-11(2)19-16(20)10-23-17(21)13-7-12-8-14(18)5-6-15(12)22-9-13/h5-6,8,11,13H,3-4,7,9-10H2,1-2H3,(H,19,20)/t11-,13-/m0/s1. The highest BCUT2D eigenvalue weighted by Gasteiger charge is 2.28. The monoisotopic (exact) mass is 339 g/mol. The molecule has 23 heavy (non-hydrogen) atoms. The van der Waals surface area contributed by atoms with Crippen molar-refractivity contribution in [2.24, 2.45) is 5.92 Å². The summed E-state index contributed by atoms with van der Waals surface area (Å²) in [6.07, 6.45) is 2.39. The van der Waals surface area contributed by atoms with Gasteiger partial charge in [0.1, 0.15) is 12.4 Å². The molecule has 2 atom stereocenters. The van der Waals surface area contributed by atoms with Crippen LogP contribution in [0.5, 0.6) is 5.75 Å². The third-order valence-corrected chi connectivity index (χ3v) is 3.97. The summed E-state index contributed by atoms with van der Waals surface area (Å²) >= 11 is 5.96. The zero-order chi connectivity index (χ0) is 16.8. The predicted octanol–water partition coefficient (Wildman–Crippen LogP) is 2.74. The molecule has 0 unspecified atom stereocenters. The molecule has 1 aliphatic rings. The van der Waals surface area contributed by atoms with Crippen LogP contribution in [0.3, 0.4) is 0 Å². The number of rotatable bonds is 6. The van der Waals surface area contributed by atoms with Crippen LogP contribution in [0.1, 0.15) is 32.3 Å². The maximum atomic E-state index is 12.1. The number of halogens is 1. The molecule has 0 spiro atoms. The summed E-state index contributed by atoms with van der Waals surface area (Å²) in [4.78, 5) is 23.8. The second kappa shape index (κ2) is 8.20. The van der Waals surface area contributed by atoms with Crippen LogP contribution in [0.25, 0.3) is 0 Å². The first-order chi connectivity index (χ1) is 11.0. The number of nitrogens with one attached hydrogen (secondary N) is 1. The van der Waals surface area contributed by atoms with Crippen molar-refractivity contribution in [1.29, 1.82) is 0 Å². The predicted molar refractivity (Wildman–Crippen MR) is 87.6 cm³/mol.